The summed E-state index contributed by atoms with van der Waals surface area (Å²) in [7, 11) is 4.77. The quantitative estimate of drug-likeness (QED) is 0.456. The minimum Gasteiger partial charge on any atom is -0.410 e. The Bertz CT molecular complexity index is 1520. The smallest absolute Gasteiger partial charge is 0.410 e. The number of ether oxygens (including phenoxy) is 1. The van der Waals surface area contributed by atoms with Crippen LogP contribution in [0, 0.1) is 0 Å². The van der Waals surface area contributed by atoms with E-state index in [-0.39, 0.29) is 43.4 Å². The van der Waals surface area contributed by atoms with Crippen LogP contribution in [0.3, 0.4) is 0 Å². The van der Waals surface area contributed by atoms with E-state index in [2.05, 4.69) is 5.32 Å². The molecule has 11 heteroatoms. The number of amides is 5. The number of carbonyl (C=O) groups is 4. The molecular formula is C32H38N6O5. The van der Waals surface area contributed by atoms with Gasteiger partial charge in [0.15, 0.2) is 0 Å². The van der Waals surface area contributed by atoms with E-state index in [0.717, 1.165) is 21.9 Å². The molecule has 1 N–H and O–H groups in total. The standard InChI is InChI=1S/C32H38N6O5/c1-21(2)38(31(41)33-3)36-20-29(39)37-27(17-22-13-15-25(16-14-22)43-32(42)34(4)5)30(40)35(19-28(36)37)18-24-11-8-10-23-9-6-7-12-26(23)24/h6-16,21,27-28H,17-20H2,1-5H3,(H,33,41)/t27-,28+/m0/s1. The molecule has 3 aromatic carbocycles. The zero-order valence-electron chi connectivity index (χ0n) is 25.2. The van der Waals surface area contributed by atoms with Crippen molar-refractivity contribution in [2.45, 2.75) is 45.1 Å². The Labute approximate surface area is 251 Å². The van der Waals surface area contributed by atoms with Gasteiger partial charge in [-0.25, -0.2) is 9.59 Å². The Morgan fingerprint density at radius 3 is 2.37 bits per heavy atom. The number of hydrazine groups is 1. The fraction of sp³-hybridized carbons (Fsp3) is 0.375. The molecule has 226 valence electrons. The summed E-state index contributed by atoms with van der Waals surface area (Å²) >= 11 is 0. The van der Waals surface area contributed by atoms with Gasteiger partial charge in [-0.2, -0.15) is 5.01 Å². The Morgan fingerprint density at radius 1 is 1.00 bits per heavy atom. The van der Waals surface area contributed by atoms with Gasteiger partial charge in [0.25, 0.3) is 0 Å². The molecule has 0 aliphatic carbocycles. The Balaban J connectivity index is 1.48. The average molecular weight is 587 g/mol. The Kier molecular flexibility index (Phi) is 8.54. The predicted molar refractivity (Wildman–Crippen MR) is 162 cm³/mol. The highest BCUT2D eigenvalue weighted by Gasteiger charge is 2.52. The van der Waals surface area contributed by atoms with Crippen molar-refractivity contribution in [1.29, 1.82) is 0 Å². The molecule has 2 heterocycles. The lowest BCUT2D eigenvalue weighted by Crippen LogP contribution is -2.66. The normalized spacial score (nSPS) is 18.7. The van der Waals surface area contributed by atoms with Crippen LogP contribution in [-0.2, 0) is 22.6 Å². The number of rotatable bonds is 7. The number of nitrogens with zero attached hydrogens (tertiary/aromatic N) is 5. The first kappa shape index (κ1) is 29.8. The summed E-state index contributed by atoms with van der Waals surface area (Å²) in [6.07, 6.45) is -0.745. The summed E-state index contributed by atoms with van der Waals surface area (Å²) in [5.41, 5.74) is 1.82. The fourth-order valence-electron chi connectivity index (χ4n) is 5.87. The van der Waals surface area contributed by atoms with Gasteiger partial charge in [0.05, 0.1) is 13.1 Å². The molecule has 5 amide bonds. The fourth-order valence-corrected chi connectivity index (χ4v) is 5.87. The lowest BCUT2D eigenvalue weighted by molar-refractivity contribution is -0.158. The molecule has 2 saturated heterocycles. The van der Waals surface area contributed by atoms with Gasteiger partial charge in [0.1, 0.15) is 18.0 Å². The lowest BCUT2D eigenvalue weighted by Gasteiger charge is -2.47. The highest BCUT2D eigenvalue weighted by Crippen LogP contribution is 2.32. The van der Waals surface area contributed by atoms with Crippen molar-refractivity contribution in [1.82, 2.24) is 30.0 Å². The molecule has 0 bridgehead atoms. The van der Waals surface area contributed by atoms with Crippen LogP contribution in [0.4, 0.5) is 9.59 Å². The molecule has 2 aliphatic rings. The van der Waals surface area contributed by atoms with Gasteiger partial charge in [-0.05, 0) is 47.9 Å². The number of nitrogens with one attached hydrogen (secondary N) is 1. The van der Waals surface area contributed by atoms with Gasteiger partial charge >= 0.3 is 12.1 Å². The highest BCUT2D eigenvalue weighted by atomic mass is 16.6. The van der Waals surface area contributed by atoms with Gasteiger partial charge in [-0.1, -0.05) is 54.6 Å². The van der Waals surface area contributed by atoms with E-state index in [9.17, 15) is 19.2 Å². The summed E-state index contributed by atoms with van der Waals surface area (Å²) in [4.78, 5) is 57.5. The molecule has 2 atom stereocenters. The number of carbonyl (C=O) groups excluding carboxylic acids is 4. The molecule has 0 radical (unpaired) electrons. The second-order valence-electron chi connectivity index (χ2n) is 11.4. The van der Waals surface area contributed by atoms with E-state index in [4.69, 9.17) is 4.74 Å². The molecule has 2 aliphatic heterocycles. The summed E-state index contributed by atoms with van der Waals surface area (Å²) in [6, 6.07) is 19.8. The lowest BCUT2D eigenvalue weighted by atomic mass is 9.99. The van der Waals surface area contributed by atoms with Crippen molar-refractivity contribution in [3.8, 4) is 5.75 Å². The van der Waals surface area contributed by atoms with Gasteiger partial charge in [-0.15, -0.1) is 0 Å². The highest BCUT2D eigenvalue weighted by molar-refractivity contribution is 5.92. The molecule has 5 rings (SSSR count). The van der Waals surface area contributed by atoms with Crippen LogP contribution in [0.2, 0.25) is 0 Å². The van der Waals surface area contributed by atoms with Crippen LogP contribution in [0.15, 0.2) is 66.7 Å². The average Bonchev–Trinajstić information content (AvgIpc) is 3.30. The van der Waals surface area contributed by atoms with E-state index in [1.807, 2.05) is 56.3 Å². The number of piperazine rings is 1. The molecule has 0 spiro atoms. The van der Waals surface area contributed by atoms with E-state index >= 15 is 0 Å². The first-order valence-electron chi connectivity index (χ1n) is 14.4. The minimum absolute atomic E-state index is 0.0123. The van der Waals surface area contributed by atoms with Crippen LogP contribution in [0.25, 0.3) is 10.8 Å². The first-order valence-corrected chi connectivity index (χ1v) is 14.4. The van der Waals surface area contributed by atoms with Crippen LogP contribution in [0.5, 0.6) is 5.75 Å². The van der Waals surface area contributed by atoms with Crippen molar-refractivity contribution in [2.24, 2.45) is 0 Å². The van der Waals surface area contributed by atoms with Crippen molar-refractivity contribution in [2.75, 3.05) is 34.2 Å². The van der Waals surface area contributed by atoms with Crippen molar-refractivity contribution in [3.05, 3.63) is 77.9 Å². The maximum Gasteiger partial charge on any atom is 0.414 e. The Hall–Kier alpha value is -4.64. The maximum atomic E-state index is 14.2. The number of hydrogen-bond acceptors (Lipinski definition) is 6. The van der Waals surface area contributed by atoms with Crippen molar-refractivity contribution in [3.63, 3.8) is 0 Å². The van der Waals surface area contributed by atoms with E-state index < -0.39 is 18.3 Å². The molecule has 11 nitrogen and oxygen atoms in total. The number of urea groups is 1. The molecule has 43 heavy (non-hydrogen) atoms. The number of fused-ring (bicyclic) bond motifs is 2. The van der Waals surface area contributed by atoms with Crippen LogP contribution < -0.4 is 10.1 Å². The predicted octanol–water partition coefficient (Wildman–Crippen LogP) is 3.29. The second kappa shape index (κ2) is 12.3. The molecule has 3 aromatic rings. The molecular weight excluding hydrogens is 548 g/mol. The topological polar surface area (TPSA) is 106 Å². The zero-order chi connectivity index (χ0) is 30.8. The molecule has 0 unspecified atom stereocenters. The summed E-state index contributed by atoms with van der Waals surface area (Å²) in [6.45, 7) is 4.40. The maximum absolute atomic E-state index is 14.2. The van der Waals surface area contributed by atoms with Gasteiger partial charge in [-0.3, -0.25) is 14.6 Å². The van der Waals surface area contributed by atoms with Gasteiger partial charge in [0, 0.05) is 40.2 Å². The van der Waals surface area contributed by atoms with Crippen LogP contribution >= 0.6 is 0 Å². The third-order valence-corrected chi connectivity index (χ3v) is 7.92. The Morgan fingerprint density at radius 2 is 1.70 bits per heavy atom. The molecule has 2 fully saturated rings. The monoisotopic (exact) mass is 586 g/mol. The van der Waals surface area contributed by atoms with E-state index in [0.29, 0.717) is 12.3 Å². The first-order chi connectivity index (χ1) is 20.6. The number of benzene rings is 3. The molecule has 0 saturated carbocycles. The summed E-state index contributed by atoms with van der Waals surface area (Å²) < 4.78 is 5.34. The minimum atomic E-state index is -0.778. The summed E-state index contributed by atoms with van der Waals surface area (Å²) in [5.74, 6) is 0.0206. The largest absolute Gasteiger partial charge is 0.414 e. The molecule has 0 aromatic heterocycles. The summed E-state index contributed by atoms with van der Waals surface area (Å²) in [5, 5.41) is 8.19. The van der Waals surface area contributed by atoms with Crippen LogP contribution in [-0.4, -0.2) is 101 Å². The second-order valence-corrected chi connectivity index (χ2v) is 11.4. The van der Waals surface area contributed by atoms with Gasteiger partial charge in [0.2, 0.25) is 11.8 Å². The SMILES string of the molecule is CNC(=O)N(C(C)C)N1CC(=O)N2[C@@H](Cc3ccc(OC(=O)N(C)C)cc3)C(=O)N(Cc3cccc4ccccc34)C[C@@H]21. The third-order valence-electron chi connectivity index (χ3n) is 7.92. The van der Waals surface area contributed by atoms with E-state index in [1.54, 1.807) is 65.2 Å². The van der Waals surface area contributed by atoms with Gasteiger partial charge < -0.3 is 24.8 Å². The van der Waals surface area contributed by atoms with Crippen molar-refractivity contribution < 1.29 is 23.9 Å². The van der Waals surface area contributed by atoms with Crippen LogP contribution in [0.1, 0.15) is 25.0 Å². The van der Waals surface area contributed by atoms with E-state index in [1.165, 1.54) is 4.90 Å². The zero-order valence-corrected chi connectivity index (χ0v) is 25.2. The third kappa shape index (κ3) is 5.98. The number of hydrogen-bond donors (Lipinski definition) is 1. The van der Waals surface area contributed by atoms with Crippen molar-refractivity contribution >= 4 is 34.7 Å².